The predicted molar refractivity (Wildman–Crippen MR) is 61.5 cm³/mol. The lowest BCUT2D eigenvalue weighted by Gasteiger charge is -2.15. The molecule has 1 amide bonds. The Morgan fingerprint density at radius 3 is 2.94 bits per heavy atom. The fraction of sp³-hybridized carbons (Fsp3) is 0.154. The molecule has 0 aromatic heterocycles. The Labute approximate surface area is 93.4 Å². The van der Waals surface area contributed by atoms with Crippen LogP contribution in [0.15, 0.2) is 36.0 Å². The lowest BCUT2D eigenvalue weighted by Crippen LogP contribution is -2.13. The minimum atomic E-state index is -0.352. The minimum Gasteiger partial charge on any atom is -0.443 e. The smallest absolute Gasteiger partial charge is 0.411 e. The van der Waals surface area contributed by atoms with Crippen molar-refractivity contribution >= 4 is 17.7 Å². The normalized spacial score (nSPS) is 22.6. The van der Waals surface area contributed by atoms with E-state index in [0.29, 0.717) is 6.61 Å². The van der Waals surface area contributed by atoms with Gasteiger partial charge in [-0.1, -0.05) is 36.4 Å². The van der Waals surface area contributed by atoms with Crippen LogP contribution in [0.5, 0.6) is 0 Å². The lowest BCUT2D eigenvalue weighted by molar-refractivity contribution is 0.179. The van der Waals surface area contributed by atoms with E-state index in [1.807, 2.05) is 12.1 Å². The molecule has 0 radical (unpaired) electrons. The van der Waals surface area contributed by atoms with Gasteiger partial charge in [0.15, 0.2) is 0 Å². The van der Waals surface area contributed by atoms with Crippen LogP contribution in [0, 0.1) is 0 Å². The lowest BCUT2D eigenvalue weighted by atomic mass is 9.91. The average Bonchev–Trinajstić information content (AvgIpc) is 2.75. The van der Waals surface area contributed by atoms with Crippen molar-refractivity contribution < 1.29 is 9.53 Å². The molecule has 1 fully saturated rings. The van der Waals surface area contributed by atoms with Crippen molar-refractivity contribution in [3.63, 3.8) is 0 Å². The molecule has 1 aromatic rings. The molecule has 3 rings (SSSR count). The van der Waals surface area contributed by atoms with E-state index in [4.69, 9.17) is 4.74 Å². The van der Waals surface area contributed by atoms with Crippen LogP contribution in [-0.2, 0) is 4.74 Å². The van der Waals surface area contributed by atoms with Crippen molar-refractivity contribution in [2.75, 3.05) is 6.61 Å². The first kappa shape index (κ1) is 9.21. The van der Waals surface area contributed by atoms with Crippen LogP contribution in [0.1, 0.15) is 17.5 Å². The summed E-state index contributed by atoms with van der Waals surface area (Å²) in [6.45, 7) is 0.357. The SMILES string of the molecule is O=C1NC(=C2CC=Cc3ccccc32)CO1. The van der Waals surface area contributed by atoms with Gasteiger partial charge in [-0.25, -0.2) is 4.79 Å². The zero-order valence-electron chi connectivity index (χ0n) is 8.69. The molecule has 1 aliphatic heterocycles. The molecule has 0 unspecified atom stereocenters. The van der Waals surface area contributed by atoms with Gasteiger partial charge in [0.25, 0.3) is 0 Å². The maximum absolute atomic E-state index is 11.0. The largest absolute Gasteiger partial charge is 0.443 e. The molecule has 1 N–H and O–H groups in total. The molecule has 1 heterocycles. The van der Waals surface area contributed by atoms with Gasteiger partial charge in [0.1, 0.15) is 6.61 Å². The Kier molecular flexibility index (Phi) is 2.03. The second-order valence-electron chi connectivity index (χ2n) is 3.85. The molecule has 0 atom stereocenters. The number of amides is 1. The number of ether oxygens (including phenoxy) is 1. The van der Waals surface area contributed by atoms with E-state index in [1.165, 1.54) is 11.1 Å². The number of nitrogens with one attached hydrogen (secondary N) is 1. The zero-order chi connectivity index (χ0) is 11.0. The van der Waals surface area contributed by atoms with E-state index < -0.39 is 0 Å². The summed E-state index contributed by atoms with van der Waals surface area (Å²) in [6.07, 6.45) is 4.71. The quantitative estimate of drug-likeness (QED) is 0.719. The van der Waals surface area contributed by atoms with Gasteiger partial charge in [-0.15, -0.1) is 0 Å². The van der Waals surface area contributed by atoms with E-state index in [2.05, 4.69) is 29.6 Å². The molecule has 3 heteroatoms. The van der Waals surface area contributed by atoms with E-state index in [9.17, 15) is 4.79 Å². The number of hydrogen-bond donors (Lipinski definition) is 1. The van der Waals surface area contributed by atoms with Crippen LogP contribution in [0.25, 0.3) is 11.6 Å². The van der Waals surface area contributed by atoms with E-state index in [-0.39, 0.29) is 6.09 Å². The topological polar surface area (TPSA) is 38.3 Å². The molecule has 0 spiro atoms. The van der Waals surface area contributed by atoms with E-state index >= 15 is 0 Å². The molecule has 0 saturated carbocycles. The third-order valence-corrected chi connectivity index (χ3v) is 2.87. The van der Waals surface area contributed by atoms with Gasteiger partial charge < -0.3 is 4.74 Å². The van der Waals surface area contributed by atoms with Gasteiger partial charge in [0.2, 0.25) is 0 Å². The summed E-state index contributed by atoms with van der Waals surface area (Å²) in [6, 6.07) is 8.17. The van der Waals surface area contributed by atoms with Crippen molar-refractivity contribution in [1.29, 1.82) is 0 Å². The predicted octanol–water partition coefficient (Wildman–Crippen LogP) is 2.55. The molecule has 3 nitrogen and oxygen atoms in total. The molecule has 2 aliphatic rings. The molecule has 1 aromatic carbocycles. The number of rotatable bonds is 0. The van der Waals surface area contributed by atoms with Gasteiger partial charge in [-0.3, -0.25) is 5.32 Å². The van der Waals surface area contributed by atoms with E-state index in [0.717, 1.165) is 17.7 Å². The van der Waals surface area contributed by atoms with Crippen LogP contribution in [-0.4, -0.2) is 12.7 Å². The highest BCUT2D eigenvalue weighted by Crippen LogP contribution is 2.31. The summed E-state index contributed by atoms with van der Waals surface area (Å²) in [7, 11) is 0. The Bertz CT molecular complexity index is 514. The summed E-state index contributed by atoms with van der Waals surface area (Å²) in [5.41, 5.74) is 4.42. The molecule has 0 bridgehead atoms. The number of allylic oxidation sites excluding steroid dienone is 2. The van der Waals surface area contributed by atoms with Crippen molar-refractivity contribution in [3.05, 3.63) is 47.2 Å². The van der Waals surface area contributed by atoms with Gasteiger partial charge >= 0.3 is 6.09 Å². The molecular formula is C13H11NO2. The monoisotopic (exact) mass is 213 g/mol. The van der Waals surface area contributed by atoms with Gasteiger partial charge in [0.05, 0.1) is 5.70 Å². The summed E-state index contributed by atoms with van der Waals surface area (Å²) in [4.78, 5) is 11.0. The Hall–Kier alpha value is -2.03. The van der Waals surface area contributed by atoms with E-state index in [1.54, 1.807) is 0 Å². The van der Waals surface area contributed by atoms with Crippen LogP contribution in [0.3, 0.4) is 0 Å². The minimum absolute atomic E-state index is 0.352. The van der Waals surface area contributed by atoms with Crippen LogP contribution >= 0.6 is 0 Å². The Morgan fingerprint density at radius 2 is 2.12 bits per heavy atom. The Balaban J connectivity index is 2.11. The number of fused-ring (bicyclic) bond motifs is 1. The first-order valence-electron chi connectivity index (χ1n) is 5.26. The van der Waals surface area contributed by atoms with Crippen molar-refractivity contribution in [2.24, 2.45) is 0 Å². The highest BCUT2D eigenvalue weighted by Gasteiger charge is 2.21. The molecule has 16 heavy (non-hydrogen) atoms. The fourth-order valence-corrected chi connectivity index (χ4v) is 2.11. The summed E-state index contributed by atoms with van der Waals surface area (Å²) < 4.78 is 4.90. The molecular weight excluding hydrogens is 202 g/mol. The van der Waals surface area contributed by atoms with Crippen molar-refractivity contribution in [2.45, 2.75) is 6.42 Å². The van der Waals surface area contributed by atoms with Crippen LogP contribution in [0.2, 0.25) is 0 Å². The number of carbonyl (C=O) groups is 1. The standard InChI is InChI=1S/C13H11NO2/c15-13-14-12(8-16-13)11-7-3-5-9-4-1-2-6-10(9)11/h1-6H,7-8H2,(H,14,15). The van der Waals surface area contributed by atoms with Gasteiger partial charge in [-0.05, 0) is 23.1 Å². The number of cyclic esters (lactones) is 1. The molecule has 1 saturated heterocycles. The zero-order valence-corrected chi connectivity index (χ0v) is 8.69. The third kappa shape index (κ3) is 1.41. The van der Waals surface area contributed by atoms with Crippen LogP contribution < -0.4 is 5.32 Å². The maximum Gasteiger partial charge on any atom is 0.411 e. The number of alkyl carbamates (subject to hydrolysis) is 1. The highest BCUT2D eigenvalue weighted by molar-refractivity contribution is 5.85. The first-order valence-corrected chi connectivity index (χ1v) is 5.26. The van der Waals surface area contributed by atoms with Crippen molar-refractivity contribution in [3.8, 4) is 0 Å². The number of carbonyl (C=O) groups excluding carboxylic acids is 1. The highest BCUT2D eigenvalue weighted by atomic mass is 16.6. The molecule has 80 valence electrons. The number of benzene rings is 1. The fourth-order valence-electron chi connectivity index (χ4n) is 2.11. The van der Waals surface area contributed by atoms with Crippen LogP contribution in [0.4, 0.5) is 4.79 Å². The molecule has 1 aliphatic carbocycles. The summed E-state index contributed by atoms with van der Waals surface area (Å²) in [5.74, 6) is 0. The van der Waals surface area contributed by atoms with Gasteiger partial charge in [-0.2, -0.15) is 0 Å². The third-order valence-electron chi connectivity index (χ3n) is 2.87. The number of hydrogen-bond acceptors (Lipinski definition) is 2. The van der Waals surface area contributed by atoms with Gasteiger partial charge in [0, 0.05) is 0 Å². The first-order chi connectivity index (χ1) is 7.84. The maximum atomic E-state index is 11.0. The second-order valence-corrected chi connectivity index (χ2v) is 3.85. The Morgan fingerprint density at radius 1 is 1.25 bits per heavy atom. The van der Waals surface area contributed by atoms with Crippen molar-refractivity contribution in [1.82, 2.24) is 5.32 Å². The second kappa shape index (κ2) is 3.52. The average molecular weight is 213 g/mol. The summed E-state index contributed by atoms with van der Waals surface area (Å²) >= 11 is 0. The summed E-state index contributed by atoms with van der Waals surface area (Å²) in [5, 5.41) is 2.75.